The molecule has 7 heteroatoms. The summed E-state index contributed by atoms with van der Waals surface area (Å²) in [5.41, 5.74) is 1.91. The summed E-state index contributed by atoms with van der Waals surface area (Å²) < 4.78 is 10.3. The van der Waals surface area contributed by atoms with E-state index in [2.05, 4.69) is 10.1 Å². The van der Waals surface area contributed by atoms with Gasteiger partial charge >= 0.3 is 5.97 Å². The summed E-state index contributed by atoms with van der Waals surface area (Å²) >= 11 is 0. The molecule has 0 spiro atoms. The highest BCUT2D eigenvalue weighted by Gasteiger charge is 2.36. The molecule has 0 bridgehead atoms. The van der Waals surface area contributed by atoms with Crippen molar-refractivity contribution >= 4 is 17.6 Å². The van der Waals surface area contributed by atoms with Crippen molar-refractivity contribution in [3.05, 3.63) is 41.5 Å². The fraction of sp³-hybridized carbons (Fsp3) is 0.444. The maximum absolute atomic E-state index is 12.2. The molecule has 1 amide bonds. The maximum atomic E-state index is 12.2. The molecule has 2 aromatic rings. The van der Waals surface area contributed by atoms with Gasteiger partial charge in [-0.05, 0) is 19.1 Å². The molecule has 0 aliphatic carbocycles. The van der Waals surface area contributed by atoms with E-state index in [1.807, 2.05) is 45.0 Å². The number of hydrogen-bond acceptors (Lipinski definition) is 6. The SMILES string of the molecule is Cc1ccc(N2C[C@@H](C(=O)OCc3nc(C(C)C)no3)CC2=O)cc1. The molecule has 0 radical (unpaired) electrons. The molecule has 1 aromatic carbocycles. The average Bonchev–Trinajstić information content (AvgIpc) is 3.20. The number of nitrogens with zero attached hydrogens (tertiary/aromatic N) is 3. The Bertz CT molecular complexity index is 767. The number of aryl methyl sites for hydroxylation is 1. The van der Waals surface area contributed by atoms with E-state index in [4.69, 9.17) is 9.26 Å². The summed E-state index contributed by atoms with van der Waals surface area (Å²) in [5, 5.41) is 3.82. The Kier molecular flexibility index (Phi) is 4.83. The van der Waals surface area contributed by atoms with Crippen LogP contribution in [0.5, 0.6) is 0 Å². The molecule has 1 saturated heterocycles. The van der Waals surface area contributed by atoms with Crippen molar-refractivity contribution in [2.75, 3.05) is 11.4 Å². The average molecular weight is 343 g/mol. The van der Waals surface area contributed by atoms with Gasteiger partial charge in [0.25, 0.3) is 5.89 Å². The van der Waals surface area contributed by atoms with Crippen molar-refractivity contribution in [2.24, 2.45) is 5.92 Å². The van der Waals surface area contributed by atoms with Crippen LogP contribution in [0.2, 0.25) is 0 Å². The number of aromatic nitrogens is 2. The Morgan fingerprint density at radius 1 is 1.36 bits per heavy atom. The molecule has 7 nitrogen and oxygen atoms in total. The number of anilines is 1. The minimum atomic E-state index is -0.485. The fourth-order valence-electron chi connectivity index (χ4n) is 2.65. The third-order valence-electron chi connectivity index (χ3n) is 4.14. The van der Waals surface area contributed by atoms with Gasteiger partial charge in [-0.1, -0.05) is 36.7 Å². The van der Waals surface area contributed by atoms with Gasteiger partial charge in [0, 0.05) is 24.6 Å². The third kappa shape index (κ3) is 3.87. The van der Waals surface area contributed by atoms with E-state index < -0.39 is 11.9 Å². The highest BCUT2D eigenvalue weighted by atomic mass is 16.6. The molecule has 1 atom stereocenters. The Morgan fingerprint density at radius 2 is 2.08 bits per heavy atom. The van der Waals surface area contributed by atoms with Crippen LogP contribution in [0.3, 0.4) is 0 Å². The minimum Gasteiger partial charge on any atom is -0.455 e. The predicted octanol–water partition coefficient (Wildman–Crippen LogP) is 2.60. The number of ether oxygens (including phenoxy) is 1. The molecule has 0 unspecified atom stereocenters. The zero-order chi connectivity index (χ0) is 18.0. The topological polar surface area (TPSA) is 85.5 Å². The van der Waals surface area contributed by atoms with Gasteiger partial charge in [-0.3, -0.25) is 9.59 Å². The van der Waals surface area contributed by atoms with Crippen molar-refractivity contribution in [3.8, 4) is 0 Å². The summed E-state index contributed by atoms with van der Waals surface area (Å²) in [4.78, 5) is 30.2. The highest BCUT2D eigenvalue weighted by molar-refractivity contribution is 5.99. The third-order valence-corrected chi connectivity index (χ3v) is 4.14. The molecule has 132 valence electrons. The lowest BCUT2D eigenvalue weighted by Crippen LogP contribution is -2.26. The zero-order valence-electron chi connectivity index (χ0n) is 14.6. The molecule has 1 aliphatic rings. The van der Waals surface area contributed by atoms with Crippen LogP contribution in [0.4, 0.5) is 5.69 Å². The van der Waals surface area contributed by atoms with Crippen molar-refractivity contribution in [2.45, 2.75) is 39.7 Å². The van der Waals surface area contributed by atoms with Crippen LogP contribution in [0, 0.1) is 12.8 Å². The van der Waals surface area contributed by atoms with Crippen molar-refractivity contribution in [3.63, 3.8) is 0 Å². The van der Waals surface area contributed by atoms with Gasteiger partial charge < -0.3 is 14.2 Å². The van der Waals surface area contributed by atoms with E-state index in [9.17, 15) is 9.59 Å². The molecule has 3 rings (SSSR count). The van der Waals surface area contributed by atoms with E-state index >= 15 is 0 Å². The molecule has 25 heavy (non-hydrogen) atoms. The first-order valence-corrected chi connectivity index (χ1v) is 8.30. The summed E-state index contributed by atoms with van der Waals surface area (Å²) in [6.45, 7) is 6.13. The van der Waals surface area contributed by atoms with Crippen molar-refractivity contribution < 1.29 is 18.8 Å². The monoisotopic (exact) mass is 343 g/mol. The van der Waals surface area contributed by atoms with Crippen LogP contribution < -0.4 is 4.90 Å². The highest BCUT2D eigenvalue weighted by Crippen LogP contribution is 2.26. The number of hydrogen-bond donors (Lipinski definition) is 0. The van der Waals surface area contributed by atoms with Crippen LogP contribution in [0.1, 0.15) is 43.5 Å². The molecule has 1 fully saturated rings. The van der Waals surface area contributed by atoms with Gasteiger partial charge in [-0.2, -0.15) is 4.98 Å². The number of amides is 1. The summed E-state index contributed by atoms with van der Waals surface area (Å²) in [6, 6.07) is 7.64. The van der Waals surface area contributed by atoms with E-state index in [-0.39, 0.29) is 30.7 Å². The zero-order valence-corrected chi connectivity index (χ0v) is 14.6. The van der Waals surface area contributed by atoms with Crippen LogP contribution >= 0.6 is 0 Å². The molecule has 1 aromatic heterocycles. The van der Waals surface area contributed by atoms with Gasteiger partial charge in [-0.15, -0.1) is 0 Å². The maximum Gasteiger partial charge on any atom is 0.311 e. The second kappa shape index (κ2) is 7.04. The van der Waals surface area contributed by atoms with Crippen LogP contribution in [0.25, 0.3) is 0 Å². The van der Waals surface area contributed by atoms with Gasteiger partial charge in [0.15, 0.2) is 12.4 Å². The lowest BCUT2D eigenvalue weighted by molar-refractivity contribution is -0.150. The molecule has 1 aliphatic heterocycles. The smallest absolute Gasteiger partial charge is 0.311 e. The number of carbonyl (C=O) groups is 2. The summed E-state index contributed by atoms with van der Waals surface area (Å²) in [5.74, 6) is -0.00707. The number of carbonyl (C=O) groups excluding carboxylic acids is 2. The Balaban J connectivity index is 1.57. The minimum absolute atomic E-state index is 0.0756. The van der Waals surface area contributed by atoms with Crippen molar-refractivity contribution in [1.82, 2.24) is 10.1 Å². The van der Waals surface area contributed by atoms with E-state index in [1.54, 1.807) is 4.90 Å². The molecular formula is C18H21N3O4. The van der Waals surface area contributed by atoms with Gasteiger partial charge in [0.1, 0.15) is 0 Å². The normalized spacial score (nSPS) is 17.4. The first kappa shape index (κ1) is 17.1. The standard InChI is InChI=1S/C18H21N3O4/c1-11(2)17-19-15(25-20-17)10-24-18(23)13-8-16(22)21(9-13)14-6-4-12(3)5-7-14/h4-7,11,13H,8-10H2,1-3H3/t13-/m0/s1. The first-order chi connectivity index (χ1) is 11.9. The van der Waals surface area contributed by atoms with Gasteiger partial charge in [0.05, 0.1) is 5.92 Å². The largest absolute Gasteiger partial charge is 0.455 e. The molecule has 0 N–H and O–H groups in total. The number of rotatable bonds is 5. The predicted molar refractivity (Wildman–Crippen MR) is 89.8 cm³/mol. The lowest BCUT2D eigenvalue weighted by Gasteiger charge is -2.16. The Labute approximate surface area is 146 Å². The van der Waals surface area contributed by atoms with E-state index in [0.29, 0.717) is 12.4 Å². The van der Waals surface area contributed by atoms with Gasteiger partial charge in [0.2, 0.25) is 5.91 Å². The number of esters is 1. The van der Waals surface area contributed by atoms with Gasteiger partial charge in [-0.25, -0.2) is 0 Å². The van der Waals surface area contributed by atoms with E-state index in [0.717, 1.165) is 11.3 Å². The Morgan fingerprint density at radius 3 is 2.72 bits per heavy atom. The lowest BCUT2D eigenvalue weighted by atomic mass is 10.1. The fourth-order valence-corrected chi connectivity index (χ4v) is 2.65. The van der Waals surface area contributed by atoms with Crippen molar-refractivity contribution in [1.29, 1.82) is 0 Å². The number of benzene rings is 1. The second-order valence-corrected chi connectivity index (χ2v) is 6.55. The van der Waals surface area contributed by atoms with Crippen LogP contribution in [-0.2, 0) is 20.9 Å². The van der Waals surface area contributed by atoms with Crippen LogP contribution in [-0.4, -0.2) is 28.6 Å². The molecule has 0 saturated carbocycles. The molecule has 2 heterocycles. The quantitative estimate of drug-likeness (QED) is 0.776. The van der Waals surface area contributed by atoms with E-state index in [1.165, 1.54) is 0 Å². The summed E-state index contributed by atoms with van der Waals surface area (Å²) in [7, 11) is 0. The summed E-state index contributed by atoms with van der Waals surface area (Å²) in [6.07, 6.45) is 0.147. The van der Waals surface area contributed by atoms with Crippen LogP contribution in [0.15, 0.2) is 28.8 Å². The molecular weight excluding hydrogens is 322 g/mol. The second-order valence-electron chi connectivity index (χ2n) is 6.55. The Hall–Kier alpha value is -2.70. The first-order valence-electron chi connectivity index (χ1n) is 8.30.